The fourth-order valence-electron chi connectivity index (χ4n) is 1.99. The zero-order valence-corrected chi connectivity index (χ0v) is 9.43. The summed E-state index contributed by atoms with van der Waals surface area (Å²) in [5, 5.41) is 0. The van der Waals surface area contributed by atoms with Crippen LogP contribution in [-0.2, 0) is 9.59 Å². The molecular formula is C12H20O2. The van der Waals surface area contributed by atoms with E-state index in [9.17, 15) is 9.59 Å². The summed E-state index contributed by atoms with van der Waals surface area (Å²) in [6.45, 7) is 5.42. The van der Waals surface area contributed by atoms with Crippen molar-refractivity contribution in [2.45, 2.75) is 52.9 Å². The van der Waals surface area contributed by atoms with Crippen molar-refractivity contribution in [1.29, 1.82) is 0 Å². The van der Waals surface area contributed by atoms with Gasteiger partial charge in [-0.3, -0.25) is 9.59 Å². The van der Waals surface area contributed by atoms with Crippen molar-refractivity contribution in [1.82, 2.24) is 0 Å². The van der Waals surface area contributed by atoms with Crippen molar-refractivity contribution in [3.63, 3.8) is 0 Å². The minimum atomic E-state index is -0.504. The van der Waals surface area contributed by atoms with Crippen LogP contribution in [0, 0.1) is 11.3 Å². The molecule has 0 N–H and O–H groups in total. The maximum Gasteiger partial charge on any atom is 0.203 e. The van der Waals surface area contributed by atoms with Crippen molar-refractivity contribution >= 4 is 11.6 Å². The standard InChI is InChI=1S/C12H20O2/c1-12(2,3)11(14)10(13)8-9-6-4-5-7-9/h9H,4-8H2,1-3H3. The Labute approximate surface area is 86.1 Å². The van der Waals surface area contributed by atoms with Crippen molar-refractivity contribution < 1.29 is 9.59 Å². The molecule has 0 atom stereocenters. The van der Waals surface area contributed by atoms with Gasteiger partial charge in [0, 0.05) is 11.8 Å². The van der Waals surface area contributed by atoms with E-state index in [0.29, 0.717) is 12.3 Å². The molecule has 0 bridgehead atoms. The predicted molar refractivity (Wildman–Crippen MR) is 56.0 cm³/mol. The molecule has 0 aliphatic heterocycles. The Morgan fingerprint density at radius 3 is 2.07 bits per heavy atom. The first-order valence-corrected chi connectivity index (χ1v) is 5.49. The minimum Gasteiger partial charge on any atom is -0.291 e. The SMILES string of the molecule is CC(C)(C)C(=O)C(=O)CC1CCCC1. The molecule has 0 spiro atoms. The van der Waals surface area contributed by atoms with E-state index in [2.05, 4.69) is 0 Å². The summed E-state index contributed by atoms with van der Waals surface area (Å²) in [6, 6.07) is 0. The molecule has 1 saturated carbocycles. The number of hydrogen-bond donors (Lipinski definition) is 0. The molecule has 2 heteroatoms. The largest absolute Gasteiger partial charge is 0.291 e. The number of Topliss-reactive ketones (excluding diaryl/α,β-unsaturated/α-hetero) is 2. The van der Waals surface area contributed by atoms with Gasteiger partial charge in [0.25, 0.3) is 0 Å². The second-order valence-corrected chi connectivity index (χ2v) is 5.36. The highest BCUT2D eigenvalue weighted by Gasteiger charge is 2.30. The van der Waals surface area contributed by atoms with Gasteiger partial charge in [0.15, 0.2) is 5.78 Å². The van der Waals surface area contributed by atoms with Crippen molar-refractivity contribution in [3.8, 4) is 0 Å². The molecule has 14 heavy (non-hydrogen) atoms. The van der Waals surface area contributed by atoms with E-state index >= 15 is 0 Å². The summed E-state index contributed by atoms with van der Waals surface area (Å²) in [4.78, 5) is 23.2. The lowest BCUT2D eigenvalue weighted by Crippen LogP contribution is -2.29. The molecule has 0 radical (unpaired) electrons. The fraction of sp³-hybridized carbons (Fsp3) is 0.833. The third kappa shape index (κ3) is 2.93. The molecule has 0 amide bonds. The Morgan fingerprint density at radius 1 is 1.14 bits per heavy atom. The second-order valence-electron chi connectivity index (χ2n) is 5.36. The predicted octanol–water partition coefficient (Wildman–Crippen LogP) is 2.75. The zero-order valence-electron chi connectivity index (χ0n) is 9.43. The number of hydrogen-bond acceptors (Lipinski definition) is 2. The lowest BCUT2D eigenvalue weighted by molar-refractivity contribution is -0.141. The summed E-state index contributed by atoms with van der Waals surface area (Å²) in [5.74, 6) is 0.114. The van der Waals surface area contributed by atoms with Crippen LogP contribution in [0.5, 0.6) is 0 Å². The number of carbonyl (C=O) groups excluding carboxylic acids is 2. The van der Waals surface area contributed by atoms with Gasteiger partial charge >= 0.3 is 0 Å². The molecule has 0 saturated heterocycles. The van der Waals surface area contributed by atoms with Crippen LogP contribution in [0.15, 0.2) is 0 Å². The molecule has 0 aromatic carbocycles. The summed E-state index contributed by atoms with van der Waals surface area (Å²) in [6.07, 6.45) is 5.19. The van der Waals surface area contributed by atoms with Crippen LogP contribution in [0.4, 0.5) is 0 Å². The Morgan fingerprint density at radius 2 is 1.64 bits per heavy atom. The molecule has 0 aromatic rings. The zero-order chi connectivity index (χ0) is 10.8. The fourth-order valence-corrected chi connectivity index (χ4v) is 1.99. The monoisotopic (exact) mass is 196 g/mol. The first kappa shape index (κ1) is 11.4. The molecule has 2 nitrogen and oxygen atoms in total. The first-order chi connectivity index (χ1) is 6.41. The van der Waals surface area contributed by atoms with Crippen molar-refractivity contribution in [3.05, 3.63) is 0 Å². The number of ketones is 2. The summed E-state index contributed by atoms with van der Waals surface area (Å²) < 4.78 is 0. The minimum absolute atomic E-state index is 0.163. The molecule has 1 fully saturated rings. The van der Waals surface area contributed by atoms with Crippen LogP contribution in [0.2, 0.25) is 0 Å². The van der Waals surface area contributed by atoms with Crippen LogP contribution < -0.4 is 0 Å². The Bertz CT molecular complexity index is 229. The van der Waals surface area contributed by atoms with Gasteiger partial charge in [-0.2, -0.15) is 0 Å². The van der Waals surface area contributed by atoms with Crippen LogP contribution in [0.3, 0.4) is 0 Å². The van der Waals surface area contributed by atoms with Crippen LogP contribution in [0.1, 0.15) is 52.9 Å². The molecule has 1 aliphatic rings. The highest BCUT2D eigenvalue weighted by Crippen LogP contribution is 2.28. The van der Waals surface area contributed by atoms with Gasteiger partial charge in [0.05, 0.1) is 0 Å². The van der Waals surface area contributed by atoms with E-state index in [-0.39, 0.29) is 11.6 Å². The van der Waals surface area contributed by atoms with E-state index in [1.54, 1.807) is 0 Å². The van der Waals surface area contributed by atoms with Crippen molar-refractivity contribution in [2.24, 2.45) is 11.3 Å². The summed E-state index contributed by atoms with van der Waals surface area (Å²) in [5.41, 5.74) is -0.504. The quantitative estimate of drug-likeness (QED) is 0.650. The van der Waals surface area contributed by atoms with Crippen LogP contribution in [0.25, 0.3) is 0 Å². The van der Waals surface area contributed by atoms with Crippen LogP contribution in [-0.4, -0.2) is 11.6 Å². The van der Waals surface area contributed by atoms with E-state index < -0.39 is 5.41 Å². The number of rotatable bonds is 3. The highest BCUT2D eigenvalue weighted by atomic mass is 16.2. The van der Waals surface area contributed by atoms with Crippen LogP contribution >= 0.6 is 0 Å². The average molecular weight is 196 g/mol. The molecule has 0 aromatic heterocycles. The van der Waals surface area contributed by atoms with Gasteiger partial charge in [0.2, 0.25) is 5.78 Å². The van der Waals surface area contributed by atoms with Crippen molar-refractivity contribution in [2.75, 3.05) is 0 Å². The Kier molecular flexibility index (Phi) is 3.46. The van der Waals surface area contributed by atoms with E-state index in [1.807, 2.05) is 20.8 Å². The summed E-state index contributed by atoms with van der Waals surface area (Å²) >= 11 is 0. The van der Waals surface area contributed by atoms with Gasteiger partial charge in [-0.1, -0.05) is 46.5 Å². The Hall–Kier alpha value is -0.660. The number of carbonyl (C=O) groups is 2. The van der Waals surface area contributed by atoms with E-state index in [0.717, 1.165) is 12.8 Å². The molecular weight excluding hydrogens is 176 g/mol. The molecule has 80 valence electrons. The topological polar surface area (TPSA) is 34.1 Å². The van der Waals surface area contributed by atoms with Gasteiger partial charge in [-0.25, -0.2) is 0 Å². The van der Waals surface area contributed by atoms with Gasteiger partial charge < -0.3 is 0 Å². The summed E-state index contributed by atoms with van der Waals surface area (Å²) in [7, 11) is 0. The Balaban J connectivity index is 2.45. The third-order valence-electron chi connectivity index (χ3n) is 2.88. The maximum absolute atomic E-state index is 11.6. The van der Waals surface area contributed by atoms with Gasteiger partial charge in [0.1, 0.15) is 0 Å². The molecule has 1 rings (SSSR count). The highest BCUT2D eigenvalue weighted by molar-refractivity contribution is 6.38. The second kappa shape index (κ2) is 4.24. The maximum atomic E-state index is 11.6. The van der Waals surface area contributed by atoms with E-state index in [1.165, 1.54) is 12.8 Å². The normalized spacial score (nSPS) is 18.5. The van der Waals surface area contributed by atoms with Gasteiger partial charge in [-0.15, -0.1) is 0 Å². The molecule has 0 unspecified atom stereocenters. The van der Waals surface area contributed by atoms with Gasteiger partial charge in [-0.05, 0) is 5.92 Å². The third-order valence-corrected chi connectivity index (χ3v) is 2.88. The average Bonchev–Trinajstić information content (AvgIpc) is 2.53. The first-order valence-electron chi connectivity index (χ1n) is 5.49. The molecule has 1 aliphatic carbocycles. The van der Waals surface area contributed by atoms with E-state index in [4.69, 9.17) is 0 Å². The lowest BCUT2D eigenvalue weighted by Gasteiger charge is -2.16. The molecule has 0 heterocycles. The lowest BCUT2D eigenvalue weighted by atomic mass is 9.85. The smallest absolute Gasteiger partial charge is 0.203 e.